The van der Waals surface area contributed by atoms with Crippen LogP contribution in [0.15, 0.2) is 36.4 Å². The third-order valence-corrected chi connectivity index (χ3v) is 3.79. The van der Waals surface area contributed by atoms with Gasteiger partial charge in [0, 0.05) is 5.02 Å². The Kier molecular flexibility index (Phi) is 5.03. The molecule has 1 unspecified atom stereocenters. The van der Waals surface area contributed by atoms with Crippen LogP contribution in [0.25, 0.3) is 0 Å². The fraction of sp³-hybridized carbons (Fsp3) is 0.235. The van der Waals surface area contributed by atoms with Gasteiger partial charge in [0.1, 0.15) is 5.82 Å². The van der Waals surface area contributed by atoms with Gasteiger partial charge in [-0.1, -0.05) is 29.8 Å². The molecule has 0 bridgehead atoms. The van der Waals surface area contributed by atoms with Gasteiger partial charge < -0.3 is 10.6 Å². The van der Waals surface area contributed by atoms with Gasteiger partial charge in [-0.3, -0.25) is 0 Å². The first-order chi connectivity index (χ1) is 10.4. The van der Waals surface area contributed by atoms with Crippen LogP contribution in [-0.2, 0) is 0 Å². The van der Waals surface area contributed by atoms with E-state index >= 15 is 0 Å². The second kappa shape index (κ2) is 6.79. The van der Waals surface area contributed by atoms with Crippen molar-refractivity contribution in [2.24, 2.45) is 0 Å². The third-order valence-electron chi connectivity index (χ3n) is 3.56. The lowest BCUT2D eigenvalue weighted by Crippen LogP contribution is -2.31. The molecule has 0 radical (unpaired) electrons. The molecule has 2 amide bonds. The van der Waals surface area contributed by atoms with Crippen LogP contribution >= 0.6 is 11.6 Å². The molecular formula is C17H18ClFN2O. The quantitative estimate of drug-likeness (QED) is 0.823. The average Bonchev–Trinajstić information content (AvgIpc) is 2.45. The number of nitrogens with one attached hydrogen (secondary N) is 2. The molecule has 22 heavy (non-hydrogen) atoms. The van der Waals surface area contributed by atoms with Crippen molar-refractivity contribution in [1.29, 1.82) is 0 Å². The van der Waals surface area contributed by atoms with Crippen LogP contribution in [0.3, 0.4) is 0 Å². The summed E-state index contributed by atoms with van der Waals surface area (Å²) in [6.45, 7) is 5.93. The summed E-state index contributed by atoms with van der Waals surface area (Å²) in [5, 5.41) is 5.55. The zero-order valence-electron chi connectivity index (χ0n) is 12.7. The number of aryl methyl sites for hydroxylation is 2. The van der Waals surface area contributed by atoms with Crippen LogP contribution in [0, 0.1) is 19.7 Å². The maximum absolute atomic E-state index is 13.6. The molecule has 0 saturated carbocycles. The van der Waals surface area contributed by atoms with Crippen LogP contribution in [0.4, 0.5) is 14.9 Å². The van der Waals surface area contributed by atoms with E-state index in [1.807, 2.05) is 39.0 Å². The summed E-state index contributed by atoms with van der Waals surface area (Å²) in [5.74, 6) is -0.568. The lowest BCUT2D eigenvalue weighted by atomic mass is 10.0. The molecule has 2 N–H and O–H groups in total. The number of anilines is 1. The summed E-state index contributed by atoms with van der Waals surface area (Å²) >= 11 is 5.68. The summed E-state index contributed by atoms with van der Waals surface area (Å²) < 4.78 is 13.6. The minimum atomic E-state index is -0.568. The molecule has 2 rings (SSSR count). The molecule has 0 aromatic heterocycles. The van der Waals surface area contributed by atoms with E-state index in [1.54, 1.807) is 0 Å². The lowest BCUT2D eigenvalue weighted by Gasteiger charge is -2.16. The van der Waals surface area contributed by atoms with Gasteiger partial charge in [0.25, 0.3) is 0 Å². The minimum absolute atomic E-state index is 0.0918. The van der Waals surface area contributed by atoms with E-state index in [2.05, 4.69) is 10.6 Å². The lowest BCUT2D eigenvalue weighted by molar-refractivity contribution is 0.249. The number of rotatable bonds is 3. The Bertz CT molecular complexity index is 703. The van der Waals surface area contributed by atoms with Crippen LogP contribution in [0.1, 0.15) is 29.7 Å². The molecule has 2 aromatic rings. The Balaban J connectivity index is 2.03. The van der Waals surface area contributed by atoms with Gasteiger partial charge in [-0.25, -0.2) is 9.18 Å². The molecule has 116 valence electrons. The fourth-order valence-electron chi connectivity index (χ4n) is 2.06. The van der Waals surface area contributed by atoms with Crippen LogP contribution in [-0.4, -0.2) is 6.03 Å². The first kappa shape index (κ1) is 16.3. The van der Waals surface area contributed by atoms with Crippen molar-refractivity contribution in [2.75, 3.05) is 5.32 Å². The largest absolute Gasteiger partial charge is 0.331 e. The van der Waals surface area contributed by atoms with Gasteiger partial charge in [-0.15, -0.1) is 0 Å². The van der Waals surface area contributed by atoms with Crippen molar-refractivity contribution in [1.82, 2.24) is 5.32 Å². The molecule has 0 aliphatic rings. The molecule has 0 saturated heterocycles. The van der Waals surface area contributed by atoms with E-state index in [0.717, 1.165) is 17.2 Å². The van der Waals surface area contributed by atoms with E-state index in [4.69, 9.17) is 11.6 Å². The Morgan fingerprint density at radius 3 is 2.50 bits per heavy atom. The highest BCUT2D eigenvalue weighted by molar-refractivity contribution is 6.30. The van der Waals surface area contributed by atoms with Gasteiger partial charge in [0.15, 0.2) is 0 Å². The molecule has 0 spiro atoms. The van der Waals surface area contributed by atoms with Crippen LogP contribution < -0.4 is 10.6 Å². The van der Waals surface area contributed by atoms with Crippen molar-refractivity contribution >= 4 is 23.3 Å². The first-order valence-corrected chi connectivity index (χ1v) is 7.34. The predicted molar refractivity (Wildman–Crippen MR) is 87.9 cm³/mol. The number of amides is 2. The Hall–Kier alpha value is -2.07. The van der Waals surface area contributed by atoms with Gasteiger partial charge in [-0.2, -0.15) is 0 Å². The Labute approximate surface area is 134 Å². The minimum Gasteiger partial charge on any atom is -0.331 e. The van der Waals surface area contributed by atoms with Crippen LogP contribution in [0.5, 0.6) is 0 Å². The van der Waals surface area contributed by atoms with Gasteiger partial charge in [0.05, 0.1) is 11.7 Å². The number of hydrogen-bond donors (Lipinski definition) is 2. The Morgan fingerprint density at radius 2 is 1.86 bits per heavy atom. The molecule has 0 aliphatic heterocycles. The highest BCUT2D eigenvalue weighted by atomic mass is 35.5. The van der Waals surface area contributed by atoms with Crippen molar-refractivity contribution in [3.05, 3.63) is 63.9 Å². The highest BCUT2D eigenvalue weighted by Gasteiger charge is 2.12. The monoisotopic (exact) mass is 320 g/mol. The van der Waals surface area contributed by atoms with Crippen molar-refractivity contribution in [2.45, 2.75) is 26.8 Å². The standard InChI is InChI=1S/C17H18ClFN2O/c1-10-4-5-13(8-11(10)2)12(3)20-17(22)21-16-7-6-14(18)9-15(16)19/h4-9,12H,1-3H3,(H2,20,21,22). The normalized spacial score (nSPS) is 11.9. The highest BCUT2D eigenvalue weighted by Crippen LogP contribution is 2.20. The summed E-state index contributed by atoms with van der Waals surface area (Å²) in [5.41, 5.74) is 3.45. The zero-order valence-corrected chi connectivity index (χ0v) is 13.5. The van der Waals surface area contributed by atoms with Gasteiger partial charge >= 0.3 is 6.03 Å². The number of halogens is 2. The number of carbonyl (C=O) groups is 1. The van der Waals surface area contributed by atoms with E-state index in [1.165, 1.54) is 17.7 Å². The predicted octanol–water partition coefficient (Wildman–Crippen LogP) is 4.98. The number of benzene rings is 2. The average molecular weight is 321 g/mol. The smallest absolute Gasteiger partial charge is 0.319 e. The first-order valence-electron chi connectivity index (χ1n) is 6.96. The SMILES string of the molecule is Cc1ccc(C(C)NC(=O)Nc2ccc(Cl)cc2F)cc1C. The van der Waals surface area contributed by atoms with E-state index in [0.29, 0.717) is 0 Å². The number of carbonyl (C=O) groups excluding carboxylic acids is 1. The van der Waals surface area contributed by atoms with E-state index in [9.17, 15) is 9.18 Å². The zero-order chi connectivity index (χ0) is 16.3. The maximum Gasteiger partial charge on any atom is 0.319 e. The molecule has 1 atom stereocenters. The van der Waals surface area contributed by atoms with Crippen molar-refractivity contribution < 1.29 is 9.18 Å². The topological polar surface area (TPSA) is 41.1 Å². The molecule has 3 nitrogen and oxygen atoms in total. The number of urea groups is 1. The second-order valence-electron chi connectivity index (χ2n) is 5.29. The molecule has 2 aromatic carbocycles. The molecule has 0 fully saturated rings. The third kappa shape index (κ3) is 3.98. The molecule has 5 heteroatoms. The van der Waals surface area contributed by atoms with Crippen LogP contribution in [0.2, 0.25) is 5.02 Å². The van der Waals surface area contributed by atoms with Crippen molar-refractivity contribution in [3.63, 3.8) is 0 Å². The van der Waals surface area contributed by atoms with Gasteiger partial charge in [0.2, 0.25) is 0 Å². The van der Waals surface area contributed by atoms with E-state index in [-0.39, 0.29) is 16.8 Å². The summed E-state index contributed by atoms with van der Waals surface area (Å²) in [7, 11) is 0. The molecular weight excluding hydrogens is 303 g/mol. The second-order valence-corrected chi connectivity index (χ2v) is 5.72. The summed E-state index contributed by atoms with van der Waals surface area (Å²) in [6, 6.07) is 9.47. The number of hydrogen-bond acceptors (Lipinski definition) is 1. The molecule has 0 aliphatic carbocycles. The fourth-order valence-corrected chi connectivity index (χ4v) is 2.22. The van der Waals surface area contributed by atoms with Gasteiger partial charge in [-0.05, 0) is 55.7 Å². The molecule has 0 heterocycles. The maximum atomic E-state index is 13.6. The Morgan fingerprint density at radius 1 is 1.14 bits per heavy atom. The van der Waals surface area contributed by atoms with E-state index < -0.39 is 11.8 Å². The van der Waals surface area contributed by atoms with Crippen molar-refractivity contribution in [3.8, 4) is 0 Å². The summed E-state index contributed by atoms with van der Waals surface area (Å²) in [6.07, 6.45) is 0. The summed E-state index contributed by atoms with van der Waals surface area (Å²) in [4.78, 5) is 12.0.